The van der Waals surface area contributed by atoms with E-state index in [1.54, 1.807) is 11.2 Å². The molecule has 0 bridgehead atoms. The zero-order valence-electron chi connectivity index (χ0n) is 11.1. The first-order valence-corrected chi connectivity index (χ1v) is 7.27. The van der Waals surface area contributed by atoms with Gasteiger partial charge in [0.15, 0.2) is 5.11 Å². The van der Waals surface area contributed by atoms with Gasteiger partial charge in [-0.2, -0.15) is 5.10 Å². The van der Waals surface area contributed by atoms with Crippen LogP contribution in [0.5, 0.6) is 0 Å². The molecule has 1 aliphatic rings. The van der Waals surface area contributed by atoms with E-state index < -0.39 is 0 Å². The number of pyridine rings is 1. The molecule has 1 unspecified atom stereocenters. The second kappa shape index (κ2) is 5.79. The number of thiocarbonyl (C=S) groups is 1. The van der Waals surface area contributed by atoms with Crippen LogP contribution < -0.4 is 5.73 Å². The molecule has 0 radical (unpaired) electrons. The molecule has 0 aliphatic carbocycles. The Morgan fingerprint density at radius 1 is 1.24 bits per heavy atom. The smallest absolute Gasteiger partial charge is 0.187 e. The van der Waals surface area contributed by atoms with Crippen LogP contribution in [-0.2, 0) is 0 Å². The Morgan fingerprint density at radius 3 is 2.67 bits per heavy atom. The van der Waals surface area contributed by atoms with Gasteiger partial charge in [-0.3, -0.25) is 4.98 Å². The van der Waals surface area contributed by atoms with Gasteiger partial charge in [0, 0.05) is 17.6 Å². The van der Waals surface area contributed by atoms with Crippen molar-refractivity contribution in [3.05, 3.63) is 64.9 Å². The van der Waals surface area contributed by atoms with Gasteiger partial charge < -0.3 is 5.73 Å². The van der Waals surface area contributed by atoms with Crippen molar-refractivity contribution in [1.82, 2.24) is 9.99 Å². The molecule has 1 atom stereocenters. The second-order valence-electron chi connectivity index (χ2n) is 4.69. The zero-order chi connectivity index (χ0) is 14.8. The fourth-order valence-electron chi connectivity index (χ4n) is 2.39. The van der Waals surface area contributed by atoms with E-state index in [1.165, 1.54) is 0 Å². The lowest BCUT2D eigenvalue weighted by atomic mass is 10.0. The van der Waals surface area contributed by atoms with Crippen LogP contribution in [0.3, 0.4) is 0 Å². The lowest BCUT2D eigenvalue weighted by molar-refractivity contribution is 0.373. The van der Waals surface area contributed by atoms with E-state index in [0.29, 0.717) is 11.4 Å². The first-order chi connectivity index (χ1) is 10.2. The van der Waals surface area contributed by atoms with Crippen LogP contribution in [0.15, 0.2) is 53.8 Å². The van der Waals surface area contributed by atoms with Crippen LogP contribution in [0, 0.1) is 0 Å². The molecule has 4 nitrogen and oxygen atoms in total. The van der Waals surface area contributed by atoms with Crippen molar-refractivity contribution in [1.29, 1.82) is 0 Å². The van der Waals surface area contributed by atoms with Crippen molar-refractivity contribution < 1.29 is 0 Å². The van der Waals surface area contributed by atoms with Crippen molar-refractivity contribution in [3.63, 3.8) is 0 Å². The number of nitrogens with two attached hydrogens (primary N) is 1. The summed E-state index contributed by atoms with van der Waals surface area (Å²) in [6.45, 7) is 0. The highest BCUT2D eigenvalue weighted by Crippen LogP contribution is 2.35. The topological polar surface area (TPSA) is 54.5 Å². The van der Waals surface area contributed by atoms with Crippen LogP contribution in [0.1, 0.15) is 23.7 Å². The number of benzene rings is 1. The standard InChI is InChI=1S/C15H13ClN4S/c16-11-6-2-1-5-10(11)14-9-13(19-20(14)15(17)21)12-7-3-4-8-18-12/h1-8,14H,9H2,(H2,17,21). The summed E-state index contributed by atoms with van der Waals surface area (Å²) in [5.74, 6) is 0. The van der Waals surface area contributed by atoms with Crippen LogP contribution in [0.25, 0.3) is 0 Å². The van der Waals surface area contributed by atoms with E-state index in [4.69, 9.17) is 29.6 Å². The summed E-state index contributed by atoms with van der Waals surface area (Å²) >= 11 is 11.4. The Balaban J connectivity index is 1.98. The molecule has 6 heteroatoms. The maximum Gasteiger partial charge on any atom is 0.187 e. The molecule has 0 saturated carbocycles. The minimum atomic E-state index is -0.0896. The minimum Gasteiger partial charge on any atom is -0.375 e. The fourth-order valence-corrected chi connectivity index (χ4v) is 2.82. The minimum absolute atomic E-state index is 0.0896. The third-order valence-electron chi connectivity index (χ3n) is 3.36. The summed E-state index contributed by atoms with van der Waals surface area (Å²) < 4.78 is 0. The third-order valence-corrected chi connectivity index (χ3v) is 3.89. The van der Waals surface area contributed by atoms with Crippen molar-refractivity contribution in [3.8, 4) is 0 Å². The van der Waals surface area contributed by atoms with Crippen molar-refractivity contribution in [2.24, 2.45) is 10.8 Å². The maximum absolute atomic E-state index is 6.29. The Hall–Kier alpha value is -1.98. The first-order valence-electron chi connectivity index (χ1n) is 6.49. The summed E-state index contributed by atoms with van der Waals surface area (Å²) in [6.07, 6.45) is 2.41. The van der Waals surface area contributed by atoms with Crippen molar-refractivity contribution in [2.45, 2.75) is 12.5 Å². The monoisotopic (exact) mass is 316 g/mol. The quantitative estimate of drug-likeness (QED) is 0.865. The summed E-state index contributed by atoms with van der Waals surface area (Å²) in [7, 11) is 0. The molecule has 106 valence electrons. The number of halogens is 1. The van der Waals surface area contributed by atoms with Gasteiger partial charge >= 0.3 is 0 Å². The van der Waals surface area contributed by atoms with Gasteiger partial charge in [-0.1, -0.05) is 35.9 Å². The van der Waals surface area contributed by atoms with Crippen LogP contribution in [0.2, 0.25) is 5.02 Å². The third kappa shape index (κ3) is 2.75. The van der Waals surface area contributed by atoms with E-state index in [0.717, 1.165) is 17.0 Å². The molecule has 0 amide bonds. The lowest BCUT2D eigenvalue weighted by Gasteiger charge is -2.22. The Labute approximate surface area is 133 Å². The Morgan fingerprint density at radius 2 is 2.00 bits per heavy atom. The number of aromatic nitrogens is 1. The first kappa shape index (κ1) is 14.0. The molecule has 1 aliphatic heterocycles. The molecular formula is C15H13ClN4S. The normalized spacial score (nSPS) is 17.7. The van der Waals surface area contributed by atoms with Gasteiger partial charge in [0.1, 0.15) is 0 Å². The van der Waals surface area contributed by atoms with Crippen molar-refractivity contribution in [2.75, 3.05) is 0 Å². The van der Waals surface area contributed by atoms with Gasteiger partial charge in [0.05, 0.1) is 17.4 Å². The SMILES string of the molecule is NC(=S)N1N=C(c2ccccn2)CC1c1ccccc1Cl. The molecule has 2 aromatic rings. The molecular weight excluding hydrogens is 304 g/mol. The molecule has 2 N–H and O–H groups in total. The van der Waals surface area contributed by atoms with Gasteiger partial charge in [0.2, 0.25) is 0 Å². The lowest BCUT2D eigenvalue weighted by Crippen LogP contribution is -2.31. The van der Waals surface area contributed by atoms with Gasteiger partial charge in [-0.05, 0) is 36.0 Å². The number of rotatable bonds is 2. The van der Waals surface area contributed by atoms with E-state index in [2.05, 4.69) is 10.1 Å². The molecule has 21 heavy (non-hydrogen) atoms. The molecule has 3 rings (SSSR count). The molecule has 1 aromatic heterocycles. The maximum atomic E-state index is 6.29. The second-order valence-corrected chi connectivity index (χ2v) is 5.51. The average Bonchev–Trinajstić information content (AvgIpc) is 2.94. The highest BCUT2D eigenvalue weighted by Gasteiger charge is 2.32. The van der Waals surface area contributed by atoms with Crippen LogP contribution in [-0.4, -0.2) is 20.8 Å². The predicted octanol–water partition coefficient (Wildman–Crippen LogP) is 3.13. The highest BCUT2D eigenvalue weighted by molar-refractivity contribution is 7.80. The van der Waals surface area contributed by atoms with Gasteiger partial charge in [-0.15, -0.1) is 0 Å². The summed E-state index contributed by atoms with van der Waals surface area (Å²) in [4.78, 5) is 4.33. The van der Waals surface area contributed by atoms with Crippen LogP contribution in [0.4, 0.5) is 0 Å². The number of hydrazone groups is 1. The molecule has 2 heterocycles. The van der Waals surface area contributed by atoms with E-state index in [9.17, 15) is 0 Å². The van der Waals surface area contributed by atoms with E-state index in [-0.39, 0.29) is 11.2 Å². The molecule has 0 spiro atoms. The Bertz CT molecular complexity index is 702. The summed E-state index contributed by atoms with van der Waals surface area (Å²) in [5.41, 5.74) is 8.44. The Kier molecular flexibility index (Phi) is 3.86. The summed E-state index contributed by atoms with van der Waals surface area (Å²) in [6, 6.07) is 13.3. The van der Waals surface area contributed by atoms with Crippen molar-refractivity contribution >= 4 is 34.6 Å². The fraction of sp³-hybridized carbons (Fsp3) is 0.133. The zero-order valence-corrected chi connectivity index (χ0v) is 12.7. The highest BCUT2D eigenvalue weighted by atomic mass is 35.5. The number of hydrogen-bond acceptors (Lipinski definition) is 3. The van der Waals surface area contributed by atoms with E-state index >= 15 is 0 Å². The largest absolute Gasteiger partial charge is 0.375 e. The molecule has 1 aromatic carbocycles. The van der Waals surface area contributed by atoms with Gasteiger partial charge in [0.25, 0.3) is 0 Å². The average molecular weight is 317 g/mol. The van der Waals surface area contributed by atoms with E-state index in [1.807, 2.05) is 42.5 Å². The molecule has 0 saturated heterocycles. The predicted molar refractivity (Wildman–Crippen MR) is 88.2 cm³/mol. The summed E-state index contributed by atoms with van der Waals surface area (Å²) in [5, 5.41) is 7.07. The molecule has 0 fully saturated rings. The number of nitrogens with zero attached hydrogens (tertiary/aromatic N) is 3. The van der Waals surface area contributed by atoms with Gasteiger partial charge in [-0.25, -0.2) is 5.01 Å². The van der Waals surface area contributed by atoms with Crippen LogP contribution >= 0.6 is 23.8 Å². The number of hydrogen-bond donors (Lipinski definition) is 1.